The van der Waals surface area contributed by atoms with E-state index in [0.29, 0.717) is 43.5 Å². The van der Waals surface area contributed by atoms with E-state index in [1.54, 1.807) is 24.3 Å². The second-order valence-corrected chi connectivity index (χ2v) is 11.1. The molecule has 2 fully saturated rings. The van der Waals surface area contributed by atoms with Crippen molar-refractivity contribution in [1.29, 1.82) is 0 Å². The molecule has 178 valence electrons. The summed E-state index contributed by atoms with van der Waals surface area (Å²) in [5.41, 5.74) is 1.97. The molecule has 0 aliphatic carbocycles. The number of anilines is 2. The maximum Gasteiger partial charge on any atom is 0.261 e. The van der Waals surface area contributed by atoms with Gasteiger partial charge in [0.15, 0.2) is 0 Å². The summed E-state index contributed by atoms with van der Waals surface area (Å²) in [6.45, 7) is 6.63. The molecule has 0 saturated carbocycles. The largest absolute Gasteiger partial charge is 0.378 e. The van der Waals surface area contributed by atoms with Crippen molar-refractivity contribution in [3.05, 3.63) is 48.0 Å². The molecule has 2 aromatic carbocycles. The van der Waals surface area contributed by atoms with Gasteiger partial charge in [-0.25, -0.2) is 8.42 Å². The van der Waals surface area contributed by atoms with Crippen LogP contribution in [0.4, 0.5) is 11.4 Å². The van der Waals surface area contributed by atoms with Crippen LogP contribution in [0.5, 0.6) is 0 Å². The zero-order valence-electron chi connectivity index (χ0n) is 19.1. The summed E-state index contributed by atoms with van der Waals surface area (Å²) in [7, 11) is -3.84. The molecule has 0 spiro atoms. The number of thioether (sulfide) groups is 1. The van der Waals surface area contributed by atoms with Gasteiger partial charge in [-0.3, -0.25) is 9.52 Å². The molecule has 0 unspecified atom stereocenters. The van der Waals surface area contributed by atoms with Gasteiger partial charge in [0, 0.05) is 42.4 Å². The van der Waals surface area contributed by atoms with E-state index >= 15 is 0 Å². The predicted octanol–water partition coefficient (Wildman–Crippen LogP) is 3.92. The molecule has 9 heteroatoms. The number of likely N-dealkylation sites (tertiary alicyclic amines) is 1. The van der Waals surface area contributed by atoms with Gasteiger partial charge >= 0.3 is 0 Å². The van der Waals surface area contributed by atoms with E-state index in [9.17, 15) is 13.2 Å². The fourth-order valence-electron chi connectivity index (χ4n) is 4.18. The highest BCUT2D eigenvalue weighted by Gasteiger charge is 2.25. The van der Waals surface area contributed by atoms with Gasteiger partial charge in [0.1, 0.15) is 0 Å². The third kappa shape index (κ3) is 5.65. The Kier molecular flexibility index (Phi) is 7.51. The number of rotatable bonds is 6. The Balaban J connectivity index is 1.52. The molecule has 7 nitrogen and oxygen atoms in total. The number of hydrogen-bond acceptors (Lipinski definition) is 6. The molecular formula is C24H31N3O4S2. The summed E-state index contributed by atoms with van der Waals surface area (Å²) in [5, 5.41) is 0. The van der Waals surface area contributed by atoms with E-state index in [4.69, 9.17) is 4.74 Å². The van der Waals surface area contributed by atoms with Crippen LogP contribution in [0, 0.1) is 5.92 Å². The van der Waals surface area contributed by atoms with Crippen molar-refractivity contribution >= 4 is 39.1 Å². The highest BCUT2D eigenvalue weighted by atomic mass is 32.2. The topological polar surface area (TPSA) is 79.0 Å². The molecule has 2 saturated heterocycles. The van der Waals surface area contributed by atoms with Crippen LogP contribution in [-0.4, -0.2) is 64.9 Å². The summed E-state index contributed by atoms with van der Waals surface area (Å²) in [5.74, 6) is 0.512. The molecule has 2 heterocycles. The number of carbonyl (C=O) groups excluding carboxylic acids is 1. The Morgan fingerprint density at radius 1 is 1.03 bits per heavy atom. The molecule has 0 aromatic heterocycles. The number of benzene rings is 2. The Hall–Kier alpha value is -2.23. The first-order chi connectivity index (χ1) is 15.9. The van der Waals surface area contributed by atoms with E-state index in [-0.39, 0.29) is 10.8 Å². The van der Waals surface area contributed by atoms with Crippen LogP contribution in [0.3, 0.4) is 0 Å². The molecule has 33 heavy (non-hydrogen) atoms. The lowest BCUT2D eigenvalue weighted by atomic mass is 9.98. The van der Waals surface area contributed by atoms with Crippen LogP contribution < -0.4 is 9.62 Å². The van der Waals surface area contributed by atoms with E-state index in [0.717, 1.165) is 36.5 Å². The third-order valence-corrected chi connectivity index (χ3v) is 8.45. The first-order valence-electron chi connectivity index (χ1n) is 11.3. The number of nitrogens with zero attached hydrogens (tertiary/aromatic N) is 2. The van der Waals surface area contributed by atoms with Gasteiger partial charge in [-0.2, -0.15) is 0 Å². The van der Waals surface area contributed by atoms with Gasteiger partial charge in [0.05, 0.1) is 23.7 Å². The minimum atomic E-state index is -3.84. The van der Waals surface area contributed by atoms with Gasteiger partial charge in [0.2, 0.25) is 0 Å². The number of nitrogens with one attached hydrogen (secondary N) is 1. The second-order valence-electron chi connectivity index (χ2n) is 8.59. The molecule has 1 amide bonds. The van der Waals surface area contributed by atoms with Gasteiger partial charge in [-0.15, -0.1) is 11.8 Å². The zero-order valence-corrected chi connectivity index (χ0v) is 20.8. The van der Waals surface area contributed by atoms with Crippen molar-refractivity contribution in [2.24, 2.45) is 5.92 Å². The number of amides is 1. The van der Waals surface area contributed by atoms with Gasteiger partial charge in [0.25, 0.3) is 15.9 Å². The first-order valence-corrected chi connectivity index (χ1v) is 14.0. The smallest absolute Gasteiger partial charge is 0.261 e. The van der Waals surface area contributed by atoms with Crippen LogP contribution in [0.25, 0.3) is 0 Å². The maximum atomic E-state index is 13.2. The maximum absolute atomic E-state index is 13.2. The number of ether oxygens (including phenoxy) is 1. The monoisotopic (exact) mass is 489 g/mol. The number of sulfonamides is 1. The molecule has 0 atom stereocenters. The molecule has 0 bridgehead atoms. The fourth-order valence-corrected chi connectivity index (χ4v) is 5.83. The van der Waals surface area contributed by atoms with Crippen molar-refractivity contribution in [2.45, 2.75) is 29.6 Å². The zero-order chi connectivity index (χ0) is 23.4. The van der Waals surface area contributed by atoms with Crippen molar-refractivity contribution in [3.63, 3.8) is 0 Å². The molecule has 4 rings (SSSR count). The van der Waals surface area contributed by atoms with Gasteiger partial charge in [-0.1, -0.05) is 6.92 Å². The molecule has 2 aromatic rings. The van der Waals surface area contributed by atoms with Crippen molar-refractivity contribution in [3.8, 4) is 0 Å². The van der Waals surface area contributed by atoms with E-state index in [1.165, 1.54) is 17.8 Å². The van der Waals surface area contributed by atoms with E-state index in [1.807, 2.05) is 23.3 Å². The Morgan fingerprint density at radius 2 is 1.70 bits per heavy atom. The molecule has 1 N–H and O–H groups in total. The average molecular weight is 490 g/mol. The number of hydrogen-bond donors (Lipinski definition) is 1. The van der Waals surface area contributed by atoms with Crippen LogP contribution >= 0.6 is 11.8 Å². The predicted molar refractivity (Wildman–Crippen MR) is 133 cm³/mol. The highest BCUT2D eigenvalue weighted by molar-refractivity contribution is 7.98. The fraction of sp³-hybridized carbons (Fsp3) is 0.458. The van der Waals surface area contributed by atoms with Crippen molar-refractivity contribution in [2.75, 3.05) is 55.3 Å². The summed E-state index contributed by atoms with van der Waals surface area (Å²) in [6.07, 6.45) is 3.84. The summed E-state index contributed by atoms with van der Waals surface area (Å²) >= 11 is 1.45. The van der Waals surface area contributed by atoms with Gasteiger partial charge < -0.3 is 14.5 Å². The minimum absolute atomic E-state index is 0.0892. The standard InChI is InChI=1S/C24H31N3O4S2/c1-18-9-11-27(12-10-18)24(28)22-17-21(7-8-23(22)32-2)33(29,30)25-19-3-5-20(6-4-19)26-13-15-31-16-14-26/h3-8,17-18,25H,9-16H2,1-2H3. The molecular weight excluding hydrogens is 458 g/mol. The minimum Gasteiger partial charge on any atom is -0.378 e. The lowest BCUT2D eigenvalue weighted by Gasteiger charge is -2.30. The highest BCUT2D eigenvalue weighted by Crippen LogP contribution is 2.28. The molecule has 2 aliphatic rings. The lowest BCUT2D eigenvalue weighted by molar-refractivity contribution is 0.0693. The van der Waals surface area contributed by atoms with Crippen LogP contribution in [0.1, 0.15) is 30.1 Å². The first kappa shape index (κ1) is 23.9. The normalized spacial score (nSPS) is 17.8. The van der Waals surface area contributed by atoms with Crippen LogP contribution in [0.15, 0.2) is 52.3 Å². The number of carbonyl (C=O) groups is 1. The SMILES string of the molecule is CSc1ccc(S(=O)(=O)Nc2ccc(N3CCOCC3)cc2)cc1C(=O)N1CCC(C)CC1. The summed E-state index contributed by atoms with van der Waals surface area (Å²) < 4.78 is 34.3. The molecule has 0 radical (unpaired) electrons. The van der Waals surface area contributed by atoms with Crippen LogP contribution in [0.2, 0.25) is 0 Å². The van der Waals surface area contributed by atoms with Crippen molar-refractivity contribution < 1.29 is 17.9 Å². The Bertz CT molecular complexity index is 1080. The van der Waals surface area contributed by atoms with E-state index in [2.05, 4.69) is 16.5 Å². The summed E-state index contributed by atoms with van der Waals surface area (Å²) in [4.78, 5) is 18.1. The number of morpholine rings is 1. The summed E-state index contributed by atoms with van der Waals surface area (Å²) in [6, 6.07) is 12.1. The van der Waals surface area contributed by atoms with Crippen molar-refractivity contribution in [1.82, 2.24) is 4.90 Å². The Labute approximate surface area is 200 Å². The van der Waals surface area contributed by atoms with E-state index < -0.39 is 10.0 Å². The number of piperidine rings is 1. The third-order valence-electron chi connectivity index (χ3n) is 6.28. The quantitative estimate of drug-likeness (QED) is 0.620. The van der Waals surface area contributed by atoms with Crippen LogP contribution in [-0.2, 0) is 14.8 Å². The lowest BCUT2D eigenvalue weighted by Crippen LogP contribution is -2.38. The van der Waals surface area contributed by atoms with Gasteiger partial charge in [-0.05, 0) is 67.5 Å². The Morgan fingerprint density at radius 3 is 2.33 bits per heavy atom. The second kappa shape index (κ2) is 10.4. The molecule has 2 aliphatic heterocycles. The average Bonchev–Trinajstić information content (AvgIpc) is 2.84.